The zero-order valence-corrected chi connectivity index (χ0v) is 9.21. The van der Waals surface area contributed by atoms with Crippen LogP contribution in [0.2, 0.25) is 0 Å². The van der Waals surface area contributed by atoms with Crippen LogP contribution in [0.1, 0.15) is 17.4 Å². The maximum atomic E-state index is 12.0. The van der Waals surface area contributed by atoms with Gasteiger partial charge in [0.2, 0.25) is 11.8 Å². The van der Waals surface area contributed by atoms with Gasteiger partial charge in [0.1, 0.15) is 18.3 Å². The topological polar surface area (TPSA) is 79.4 Å². The van der Waals surface area contributed by atoms with Gasteiger partial charge >= 0.3 is 0 Å². The van der Waals surface area contributed by atoms with E-state index in [0.717, 1.165) is 0 Å². The number of aromatic nitrogens is 1. The summed E-state index contributed by atoms with van der Waals surface area (Å²) in [4.78, 5) is 39.8. The van der Waals surface area contributed by atoms with Crippen LogP contribution in [-0.2, 0) is 9.59 Å². The molecule has 1 aromatic heterocycles. The molecular formula is C11H11N3O3. The maximum absolute atomic E-state index is 12.0. The number of amides is 3. The molecule has 6 nitrogen and oxygen atoms in total. The summed E-state index contributed by atoms with van der Waals surface area (Å²) in [6.07, 6.45) is 1.49. The lowest BCUT2D eigenvalue weighted by Crippen LogP contribution is -2.58. The fourth-order valence-corrected chi connectivity index (χ4v) is 1.60. The van der Waals surface area contributed by atoms with E-state index >= 15 is 0 Å². The number of hydrogen-bond acceptors (Lipinski definition) is 4. The average Bonchev–Trinajstić information content (AvgIpc) is 2.34. The van der Waals surface area contributed by atoms with Gasteiger partial charge in [-0.15, -0.1) is 0 Å². The molecule has 1 aromatic rings. The van der Waals surface area contributed by atoms with Gasteiger partial charge in [-0.25, -0.2) is 0 Å². The summed E-state index contributed by atoms with van der Waals surface area (Å²) < 4.78 is 0. The molecule has 0 saturated carbocycles. The molecule has 0 aliphatic carbocycles. The smallest absolute Gasteiger partial charge is 0.273 e. The third-order valence-corrected chi connectivity index (χ3v) is 2.57. The van der Waals surface area contributed by atoms with Crippen molar-refractivity contribution in [2.45, 2.75) is 13.0 Å². The van der Waals surface area contributed by atoms with Crippen molar-refractivity contribution < 1.29 is 14.4 Å². The first-order valence-electron chi connectivity index (χ1n) is 5.15. The predicted molar refractivity (Wildman–Crippen MR) is 57.9 cm³/mol. The normalized spacial score (nSPS) is 20.1. The molecule has 2 rings (SSSR count). The van der Waals surface area contributed by atoms with E-state index in [4.69, 9.17) is 0 Å². The molecular weight excluding hydrogens is 222 g/mol. The standard InChI is InChI=1S/C11H11N3O3/c1-7-10(16)13-9(15)6-14(7)11(17)8-4-2-3-5-12-8/h2-5,7H,6H2,1H3,(H,13,15,16). The van der Waals surface area contributed by atoms with Crippen LogP contribution in [0.25, 0.3) is 0 Å². The van der Waals surface area contributed by atoms with Crippen molar-refractivity contribution in [3.63, 3.8) is 0 Å². The van der Waals surface area contributed by atoms with Gasteiger partial charge in [-0.05, 0) is 19.1 Å². The van der Waals surface area contributed by atoms with Gasteiger partial charge in [-0.3, -0.25) is 24.7 Å². The second kappa shape index (κ2) is 4.32. The number of hydrogen-bond donors (Lipinski definition) is 1. The van der Waals surface area contributed by atoms with Crippen molar-refractivity contribution in [2.75, 3.05) is 6.54 Å². The zero-order chi connectivity index (χ0) is 12.4. The van der Waals surface area contributed by atoms with Crippen LogP contribution in [0.15, 0.2) is 24.4 Å². The van der Waals surface area contributed by atoms with Crippen LogP contribution >= 0.6 is 0 Å². The zero-order valence-electron chi connectivity index (χ0n) is 9.21. The van der Waals surface area contributed by atoms with Crippen LogP contribution in [0.5, 0.6) is 0 Å². The molecule has 17 heavy (non-hydrogen) atoms. The highest BCUT2D eigenvalue weighted by atomic mass is 16.2. The van der Waals surface area contributed by atoms with Crippen LogP contribution in [0.4, 0.5) is 0 Å². The number of pyridine rings is 1. The largest absolute Gasteiger partial charge is 0.316 e. The molecule has 1 N–H and O–H groups in total. The van der Waals surface area contributed by atoms with Gasteiger partial charge in [-0.1, -0.05) is 6.07 Å². The minimum atomic E-state index is -0.665. The summed E-state index contributed by atoms with van der Waals surface area (Å²) in [6, 6.07) is 4.25. The lowest BCUT2D eigenvalue weighted by molar-refractivity contribution is -0.138. The third kappa shape index (κ3) is 2.15. The van der Waals surface area contributed by atoms with E-state index in [1.54, 1.807) is 25.1 Å². The minimum absolute atomic E-state index is 0.123. The van der Waals surface area contributed by atoms with E-state index in [-0.39, 0.29) is 12.2 Å². The van der Waals surface area contributed by atoms with Crippen molar-refractivity contribution in [2.24, 2.45) is 0 Å². The van der Waals surface area contributed by atoms with Crippen molar-refractivity contribution in [1.29, 1.82) is 0 Å². The Morgan fingerprint density at radius 3 is 2.88 bits per heavy atom. The lowest BCUT2D eigenvalue weighted by Gasteiger charge is -2.31. The van der Waals surface area contributed by atoms with Gasteiger partial charge in [0.05, 0.1) is 0 Å². The molecule has 3 amide bonds. The Balaban J connectivity index is 2.24. The van der Waals surface area contributed by atoms with E-state index in [0.29, 0.717) is 0 Å². The summed E-state index contributed by atoms with van der Waals surface area (Å²) in [6.45, 7) is 1.45. The Bertz CT molecular complexity index is 472. The number of carbonyl (C=O) groups is 3. The fourth-order valence-electron chi connectivity index (χ4n) is 1.60. The summed E-state index contributed by atoms with van der Waals surface area (Å²) in [7, 11) is 0. The molecule has 0 aromatic carbocycles. The van der Waals surface area contributed by atoms with Crippen molar-refractivity contribution in [3.8, 4) is 0 Å². The monoisotopic (exact) mass is 233 g/mol. The van der Waals surface area contributed by atoms with Crippen LogP contribution in [0.3, 0.4) is 0 Å². The Morgan fingerprint density at radius 2 is 2.24 bits per heavy atom. The molecule has 0 spiro atoms. The highest BCUT2D eigenvalue weighted by molar-refractivity contribution is 6.06. The SMILES string of the molecule is CC1C(=O)NC(=O)CN1C(=O)c1ccccn1. The first kappa shape index (κ1) is 11.3. The minimum Gasteiger partial charge on any atom is -0.316 e. The first-order chi connectivity index (χ1) is 8.09. The second-order valence-corrected chi connectivity index (χ2v) is 3.74. The van der Waals surface area contributed by atoms with E-state index in [9.17, 15) is 14.4 Å². The Labute approximate surface area is 97.6 Å². The Morgan fingerprint density at radius 1 is 1.47 bits per heavy atom. The Hall–Kier alpha value is -2.24. The number of imide groups is 1. The first-order valence-corrected chi connectivity index (χ1v) is 5.15. The molecule has 1 saturated heterocycles. The van der Waals surface area contributed by atoms with Gasteiger partial charge in [0.15, 0.2) is 0 Å². The fraction of sp³-hybridized carbons (Fsp3) is 0.273. The van der Waals surface area contributed by atoms with Crippen LogP contribution in [0, 0.1) is 0 Å². The van der Waals surface area contributed by atoms with Crippen molar-refractivity contribution >= 4 is 17.7 Å². The molecule has 1 atom stereocenters. The van der Waals surface area contributed by atoms with E-state index in [2.05, 4.69) is 10.3 Å². The van der Waals surface area contributed by atoms with Crippen molar-refractivity contribution in [1.82, 2.24) is 15.2 Å². The van der Waals surface area contributed by atoms with Gasteiger partial charge in [0, 0.05) is 6.20 Å². The molecule has 1 fully saturated rings. The molecule has 6 heteroatoms. The number of piperazine rings is 1. The maximum Gasteiger partial charge on any atom is 0.273 e. The highest BCUT2D eigenvalue weighted by Crippen LogP contribution is 2.09. The van der Waals surface area contributed by atoms with Crippen LogP contribution in [-0.4, -0.2) is 40.2 Å². The number of carbonyl (C=O) groups excluding carboxylic acids is 3. The molecule has 1 aliphatic heterocycles. The molecule has 0 radical (unpaired) electrons. The highest BCUT2D eigenvalue weighted by Gasteiger charge is 2.34. The van der Waals surface area contributed by atoms with Crippen molar-refractivity contribution in [3.05, 3.63) is 30.1 Å². The molecule has 1 aliphatic rings. The number of nitrogens with one attached hydrogen (secondary N) is 1. The summed E-state index contributed by atoms with van der Waals surface area (Å²) >= 11 is 0. The van der Waals surface area contributed by atoms with Gasteiger partial charge < -0.3 is 4.90 Å². The molecule has 88 valence electrons. The Kier molecular flexibility index (Phi) is 2.86. The lowest BCUT2D eigenvalue weighted by atomic mass is 10.2. The number of rotatable bonds is 1. The summed E-state index contributed by atoms with van der Waals surface area (Å²) in [5.41, 5.74) is 0.224. The second-order valence-electron chi connectivity index (χ2n) is 3.74. The van der Waals surface area contributed by atoms with Gasteiger partial charge in [-0.2, -0.15) is 0 Å². The molecule has 2 heterocycles. The van der Waals surface area contributed by atoms with Gasteiger partial charge in [0.25, 0.3) is 5.91 Å². The summed E-state index contributed by atoms with van der Waals surface area (Å²) in [5.74, 6) is -1.36. The molecule has 0 bridgehead atoms. The predicted octanol–water partition coefficient (Wildman–Crippen LogP) is -0.431. The molecule has 1 unspecified atom stereocenters. The van der Waals surface area contributed by atoms with E-state index in [1.165, 1.54) is 11.1 Å². The van der Waals surface area contributed by atoms with E-state index in [1.807, 2.05) is 0 Å². The quantitative estimate of drug-likeness (QED) is 0.667. The summed E-state index contributed by atoms with van der Waals surface area (Å²) in [5, 5.41) is 2.17. The average molecular weight is 233 g/mol. The third-order valence-electron chi connectivity index (χ3n) is 2.57. The number of nitrogens with zero attached hydrogens (tertiary/aromatic N) is 2. The van der Waals surface area contributed by atoms with Crippen LogP contribution < -0.4 is 5.32 Å². The van der Waals surface area contributed by atoms with E-state index < -0.39 is 23.8 Å².